The number of alkyl halides is 2. The second-order valence-corrected chi connectivity index (χ2v) is 2.56. The normalized spacial score (nSPS) is 13.9. The van der Waals surface area contributed by atoms with E-state index in [4.69, 9.17) is 5.11 Å². The smallest absolute Gasteiger partial charge is 0.312 e. The van der Waals surface area contributed by atoms with Crippen LogP contribution in [0.5, 0.6) is 0 Å². The molecule has 0 aromatic rings. The van der Waals surface area contributed by atoms with Crippen molar-refractivity contribution in [3.05, 3.63) is 12.7 Å². The first-order chi connectivity index (χ1) is 5.45. The Kier molecular flexibility index (Phi) is 3.86. The molecule has 0 aliphatic carbocycles. The Balaban J connectivity index is 4.49. The lowest BCUT2D eigenvalue weighted by Crippen LogP contribution is -2.32. The largest absolute Gasteiger partial charge is 0.481 e. The molecule has 4 heteroatoms. The van der Waals surface area contributed by atoms with Gasteiger partial charge in [-0.05, 0) is 12.5 Å². The Bertz CT molecular complexity index is 178. The average Bonchev–Trinajstić information content (AvgIpc) is 1.99. The summed E-state index contributed by atoms with van der Waals surface area (Å²) in [4.78, 5) is 10.4. The molecule has 0 aromatic carbocycles. The summed E-state index contributed by atoms with van der Waals surface area (Å²) < 4.78 is 25.5. The van der Waals surface area contributed by atoms with Gasteiger partial charge in [-0.15, -0.1) is 0 Å². The Morgan fingerprint density at radius 3 is 2.50 bits per heavy atom. The van der Waals surface area contributed by atoms with Gasteiger partial charge in [-0.2, -0.15) is 0 Å². The van der Waals surface area contributed by atoms with Crippen LogP contribution in [0.2, 0.25) is 0 Å². The number of carboxylic acids is 1. The van der Waals surface area contributed by atoms with Crippen molar-refractivity contribution in [2.75, 3.05) is 0 Å². The van der Waals surface area contributed by atoms with E-state index in [0.717, 1.165) is 0 Å². The molecule has 0 fully saturated rings. The number of rotatable bonds is 5. The van der Waals surface area contributed by atoms with E-state index in [1.165, 1.54) is 0 Å². The maximum atomic E-state index is 12.8. The number of aliphatic carboxylic acids is 1. The summed E-state index contributed by atoms with van der Waals surface area (Å²) in [5.41, 5.74) is 0. The lowest BCUT2D eigenvalue weighted by molar-refractivity contribution is -0.152. The summed E-state index contributed by atoms with van der Waals surface area (Å²) in [6.45, 7) is 4.57. The van der Waals surface area contributed by atoms with E-state index in [1.807, 2.05) is 0 Å². The van der Waals surface area contributed by atoms with Crippen LogP contribution in [0.15, 0.2) is 12.7 Å². The van der Waals surface area contributed by atoms with Crippen molar-refractivity contribution >= 4 is 5.97 Å². The first-order valence-corrected chi connectivity index (χ1v) is 3.70. The highest BCUT2D eigenvalue weighted by molar-refractivity contribution is 5.71. The lowest BCUT2D eigenvalue weighted by Gasteiger charge is -2.19. The molecule has 0 amide bonds. The van der Waals surface area contributed by atoms with Gasteiger partial charge in [0.05, 0.1) is 0 Å². The molecular formula is C8H12F2O2. The number of hydrogen-bond acceptors (Lipinski definition) is 1. The highest BCUT2D eigenvalue weighted by Crippen LogP contribution is 2.29. The van der Waals surface area contributed by atoms with Gasteiger partial charge in [0.15, 0.2) is 0 Å². The molecule has 0 aliphatic heterocycles. The van der Waals surface area contributed by atoms with Crippen LogP contribution in [-0.4, -0.2) is 17.0 Å². The molecule has 0 rings (SSSR count). The van der Waals surface area contributed by atoms with Gasteiger partial charge >= 0.3 is 5.97 Å². The molecule has 0 aliphatic rings. The van der Waals surface area contributed by atoms with Crippen molar-refractivity contribution in [1.29, 1.82) is 0 Å². The second-order valence-electron chi connectivity index (χ2n) is 2.56. The fraction of sp³-hybridized carbons (Fsp3) is 0.625. The van der Waals surface area contributed by atoms with Crippen LogP contribution < -0.4 is 0 Å². The SMILES string of the molecule is C=CC(F)(F)C(CCC)C(=O)O. The predicted octanol–water partition coefficient (Wildman–Crippen LogP) is 2.31. The van der Waals surface area contributed by atoms with Crippen LogP contribution in [0.25, 0.3) is 0 Å². The molecule has 12 heavy (non-hydrogen) atoms. The third-order valence-electron chi connectivity index (χ3n) is 1.61. The number of carboxylic acid groups (broad SMARTS) is 1. The zero-order valence-corrected chi connectivity index (χ0v) is 6.89. The van der Waals surface area contributed by atoms with Gasteiger partial charge in [0, 0.05) is 0 Å². The molecular weight excluding hydrogens is 166 g/mol. The van der Waals surface area contributed by atoms with Crippen LogP contribution in [0.4, 0.5) is 8.78 Å². The lowest BCUT2D eigenvalue weighted by atomic mass is 9.96. The van der Waals surface area contributed by atoms with Gasteiger partial charge < -0.3 is 5.11 Å². The van der Waals surface area contributed by atoms with Gasteiger partial charge in [-0.1, -0.05) is 19.9 Å². The Labute approximate surface area is 69.9 Å². The maximum absolute atomic E-state index is 12.8. The van der Waals surface area contributed by atoms with Gasteiger partial charge in [-0.25, -0.2) is 8.78 Å². The van der Waals surface area contributed by atoms with Crippen LogP contribution in [0, 0.1) is 5.92 Å². The molecule has 1 atom stereocenters. The Morgan fingerprint density at radius 2 is 2.25 bits per heavy atom. The van der Waals surface area contributed by atoms with Gasteiger partial charge in [0.25, 0.3) is 5.92 Å². The van der Waals surface area contributed by atoms with E-state index < -0.39 is 17.8 Å². The van der Waals surface area contributed by atoms with Crippen molar-refractivity contribution in [3.8, 4) is 0 Å². The molecule has 70 valence electrons. The quantitative estimate of drug-likeness (QED) is 0.656. The first kappa shape index (κ1) is 11.1. The summed E-state index contributed by atoms with van der Waals surface area (Å²) >= 11 is 0. The maximum Gasteiger partial charge on any atom is 0.312 e. The molecule has 1 N–H and O–H groups in total. The summed E-state index contributed by atoms with van der Waals surface area (Å²) in [7, 11) is 0. The van der Waals surface area contributed by atoms with Crippen molar-refractivity contribution in [2.45, 2.75) is 25.7 Å². The fourth-order valence-electron chi connectivity index (χ4n) is 0.911. The van der Waals surface area contributed by atoms with Crippen molar-refractivity contribution in [3.63, 3.8) is 0 Å². The molecule has 0 bridgehead atoms. The zero-order valence-electron chi connectivity index (χ0n) is 6.89. The zero-order chi connectivity index (χ0) is 9.78. The number of allylic oxidation sites excluding steroid dienone is 1. The van der Waals surface area contributed by atoms with E-state index >= 15 is 0 Å². The Hall–Kier alpha value is -0.930. The van der Waals surface area contributed by atoms with Crippen molar-refractivity contribution < 1.29 is 18.7 Å². The minimum absolute atomic E-state index is 0.0334. The molecule has 0 spiro atoms. The van der Waals surface area contributed by atoms with Crippen LogP contribution in [-0.2, 0) is 4.79 Å². The summed E-state index contributed by atoms with van der Waals surface area (Å²) in [6.07, 6.45) is 0.774. The first-order valence-electron chi connectivity index (χ1n) is 3.70. The van der Waals surface area contributed by atoms with E-state index in [1.54, 1.807) is 6.92 Å². The van der Waals surface area contributed by atoms with E-state index in [9.17, 15) is 13.6 Å². The van der Waals surface area contributed by atoms with Gasteiger partial charge in [0.2, 0.25) is 0 Å². The van der Waals surface area contributed by atoms with E-state index in [2.05, 4.69) is 6.58 Å². The van der Waals surface area contributed by atoms with E-state index in [-0.39, 0.29) is 6.42 Å². The fourth-order valence-corrected chi connectivity index (χ4v) is 0.911. The van der Waals surface area contributed by atoms with Crippen LogP contribution in [0.1, 0.15) is 19.8 Å². The standard InChI is InChI=1S/C8H12F2O2/c1-3-5-6(7(11)12)8(9,10)4-2/h4,6H,2-3,5H2,1H3,(H,11,12). The molecule has 2 nitrogen and oxygen atoms in total. The molecule has 0 saturated heterocycles. The molecule has 0 aromatic heterocycles. The Morgan fingerprint density at radius 1 is 1.75 bits per heavy atom. The van der Waals surface area contributed by atoms with Crippen molar-refractivity contribution in [1.82, 2.24) is 0 Å². The minimum Gasteiger partial charge on any atom is -0.481 e. The molecule has 0 heterocycles. The third kappa shape index (κ3) is 2.60. The van der Waals surface area contributed by atoms with Gasteiger partial charge in [-0.3, -0.25) is 4.79 Å². The number of hydrogen-bond donors (Lipinski definition) is 1. The molecule has 0 radical (unpaired) electrons. The number of carbonyl (C=O) groups is 1. The highest BCUT2D eigenvalue weighted by atomic mass is 19.3. The molecule has 1 unspecified atom stereocenters. The summed E-state index contributed by atoms with van der Waals surface area (Å²) in [5.74, 6) is -6.41. The number of halogens is 2. The monoisotopic (exact) mass is 178 g/mol. The predicted molar refractivity (Wildman–Crippen MR) is 41.2 cm³/mol. The second kappa shape index (κ2) is 4.18. The topological polar surface area (TPSA) is 37.3 Å². The average molecular weight is 178 g/mol. The van der Waals surface area contributed by atoms with Crippen LogP contribution >= 0.6 is 0 Å². The summed E-state index contributed by atoms with van der Waals surface area (Å²) in [6, 6.07) is 0. The van der Waals surface area contributed by atoms with E-state index in [0.29, 0.717) is 12.5 Å². The minimum atomic E-state index is -3.30. The molecule has 0 saturated carbocycles. The highest BCUT2D eigenvalue weighted by Gasteiger charge is 2.40. The third-order valence-corrected chi connectivity index (χ3v) is 1.61. The summed E-state index contributed by atoms with van der Waals surface area (Å²) in [5, 5.41) is 8.44. The van der Waals surface area contributed by atoms with Gasteiger partial charge in [0.1, 0.15) is 5.92 Å². The van der Waals surface area contributed by atoms with Crippen LogP contribution in [0.3, 0.4) is 0 Å². The van der Waals surface area contributed by atoms with Crippen molar-refractivity contribution in [2.24, 2.45) is 5.92 Å².